The van der Waals surface area contributed by atoms with Gasteiger partial charge in [0.1, 0.15) is 47.9 Å². The SMILES string of the molecule is CCC1OC(=O)C(C)C(OC2CC(C)(O)C(O)C(C)O2)C(C)C(OC2OC(C)CC(N(C)C)C2O)C(C)(O)CC(C)CN(CCCNC(=O)CNC(=O)C(CC(C)C)NC(=O)C(Cc2ccccc2)NC(=O)CNC(=O)C(C)c2ccc3cc(OC)ccc3c2)C(C)C(O)C1(C)O. The molecular formula is C72H113N7O18. The average Bonchev–Trinajstić information content (AvgIpc) is 1.52. The Morgan fingerprint density at radius 3 is 2.04 bits per heavy atom. The van der Waals surface area contributed by atoms with Crippen LogP contribution in [0.2, 0.25) is 0 Å². The van der Waals surface area contributed by atoms with Crippen molar-refractivity contribution in [2.24, 2.45) is 23.7 Å². The summed E-state index contributed by atoms with van der Waals surface area (Å²) in [6.45, 7) is 21.7. The number of rotatable bonds is 25. The average molecular weight is 1360 g/mol. The van der Waals surface area contributed by atoms with Crippen LogP contribution in [0.5, 0.6) is 5.75 Å². The Bertz CT molecular complexity index is 3060. The van der Waals surface area contributed by atoms with E-state index in [1.54, 1.807) is 79.8 Å². The van der Waals surface area contributed by atoms with Crippen molar-refractivity contribution >= 4 is 46.3 Å². The molecule has 11 N–H and O–H groups in total. The number of cyclic esters (lactones) is 1. The summed E-state index contributed by atoms with van der Waals surface area (Å²) in [5.41, 5.74) is -4.01. The van der Waals surface area contributed by atoms with E-state index in [1.807, 2.05) is 94.1 Å². The highest BCUT2D eigenvalue weighted by Gasteiger charge is 2.53. The van der Waals surface area contributed by atoms with Gasteiger partial charge in [0.25, 0.3) is 0 Å². The maximum atomic E-state index is 14.7. The van der Waals surface area contributed by atoms with Gasteiger partial charge >= 0.3 is 5.97 Å². The van der Waals surface area contributed by atoms with Crippen molar-refractivity contribution in [2.75, 3.05) is 53.9 Å². The van der Waals surface area contributed by atoms with Crippen LogP contribution in [0.3, 0.4) is 0 Å². The number of ether oxygens (including phenoxy) is 6. The first-order chi connectivity index (χ1) is 45.5. The molecular weight excluding hydrogens is 1250 g/mol. The summed E-state index contributed by atoms with van der Waals surface area (Å²) in [6.07, 6.45) is -10.4. The van der Waals surface area contributed by atoms with Crippen LogP contribution in [0.15, 0.2) is 66.7 Å². The summed E-state index contributed by atoms with van der Waals surface area (Å²) < 4.78 is 37.4. The third-order valence-corrected chi connectivity index (χ3v) is 19.6. The van der Waals surface area contributed by atoms with Crippen LogP contribution >= 0.6 is 0 Å². The fourth-order valence-corrected chi connectivity index (χ4v) is 14.0. The van der Waals surface area contributed by atoms with Gasteiger partial charge in [0.2, 0.25) is 29.5 Å². The number of hydrogen-bond donors (Lipinski definition) is 11. The molecule has 3 aromatic carbocycles. The number of carbonyl (C=O) groups excluding carboxylic acids is 6. The van der Waals surface area contributed by atoms with Gasteiger partial charge in [-0.25, -0.2) is 0 Å². The van der Waals surface area contributed by atoms with E-state index in [9.17, 15) is 59.4 Å². The Hall–Kier alpha value is -5.94. The molecule has 0 spiro atoms. The summed E-state index contributed by atoms with van der Waals surface area (Å²) in [5, 5.41) is 87.2. The number of fused-ring (bicyclic) bond motifs is 1. The number of hydrogen-bond acceptors (Lipinski definition) is 20. The number of carbonyl (C=O) groups is 6. The minimum Gasteiger partial charge on any atom is -0.497 e. The Morgan fingerprint density at radius 2 is 1.40 bits per heavy atom. The second kappa shape index (κ2) is 35.4. The Labute approximate surface area is 572 Å². The maximum Gasteiger partial charge on any atom is 0.311 e. The zero-order valence-corrected chi connectivity index (χ0v) is 59.8. The van der Waals surface area contributed by atoms with Gasteiger partial charge in [-0.15, -0.1) is 0 Å². The van der Waals surface area contributed by atoms with Gasteiger partial charge in [-0.05, 0) is 147 Å². The first-order valence-corrected chi connectivity index (χ1v) is 34.5. The van der Waals surface area contributed by atoms with Gasteiger partial charge in [-0.1, -0.05) is 89.2 Å². The van der Waals surface area contributed by atoms with Gasteiger partial charge < -0.3 is 90.5 Å². The molecule has 0 radical (unpaired) electrons. The van der Waals surface area contributed by atoms with Gasteiger partial charge in [0, 0.05) is 50.5 Å². The van der Waals surface area contributed by atoms with Crippen LogP contribution in [0, 0.1) is 23.7 Å². The third kappa shape index (κ3) is 21.8. The van der Waals surface area contributed by atoms with Crippen molar-refractivity contribution in [2.45, 2.75) is 243 Å². The lowest BCUT2D eigenvalue weighted by molar-refractivity contribution is -0.316. The normalized spacial score (nSPS) is 32.7. The van der Waals surface area contributed by atoms with Crippen LogP contribution in [0.4, 0.5) is 0 Å². The molecule has 5 amide bonds. The van der Waals surface area contributed by atoms with Crippen molar-refractivity contribution in [3.63, 3.8) is 0 Å². The molecule has 25 heteroatoms. The molecule has 21 unspecified atom stereocenters. The minimum atomic E-state index is -2.04. The number of amides is 5. The molecule has 0 aromatic heterocycles. The topological polar surface area (TPSA) is 346 Å². The van der Waals surface area contributed by atoms with E-state index in [0.717, 1.165) is 21.9 Å². The largest absolute Gasteiger partial charge is 0.497 e. The monoisotopic (exact) mass is 1360 g/mol. The predicted molar refractivity (Wildman–Crippen MR) is 364 cm³/mol. The zero-order chi connectivity index (χ0) is 72.0. The summed E-state index contributed by atoms with van der Waals surface area (Å²) in [6, 6.07) is 16.8. The second-order valence-corrected chi connectivity index (χ2v) is 28.9. The lowest BCUT2D eigenvalue weighted by atomic mass is 9.77. The predicted octanol–water partition coefficient (Wildman–Crippen LogP) is 3.58. The van der Waals surface area contributed by atoms with Crippen molar-refractivity contribution in [3.05, 3.63) is 77.9 Å². The van der Waals surface area contributed by atoms with E-state index in [4.69, 9.17) is 28.4 Å². The van der Waals surface area contributed by atoms with Gasteiger partial charge in [0.15, 0.2) is 12.6 Å². The molecule has 3 aromatic rings. The van der Waals surface area contributed by atoms with Gasteiger partial charge in [0.05, 0.1) is 67.7 Å². The van der Waals surface area contributed by atoms with Crippen LogP contribution in [-0.2, 0) is 58.9 Å². The molecule has 3 heterocycles. The molecule has 544 valence electrons. The Kier molecular flexibility index (Phi) is 29.2. The number of esters is 1. The lowest BCUT2D eigenvalue weighted by Gasteiger charge is -2.48. The molecule has 0 bridgehead atoms. The van der Waals surface area contributed by atoms with E-state index in [0.29, 0.717) is 18.6 Å². The lowest BCUT2D eigenvalue weighted by Crippen LogP contribution is -2.60. The molecule has 0 saturated carbocycles. The highest BCUT2D eigenvalue weighted by molar-refractivity contribution is 5.95. The van der Waals surface area contributed by atoms with Crippen molar-refractivity contribution in [1.82, 2.24) is 36.4 Å². The number of aliphatic hydroxyl groups is 6. The maximum absolute atomic E-state index is 14.7. The molecule has 0 aliphatic carbocycles. The Balaban J connectivity index is 1.14. The third-order valence-electron chi connectivity index (χ3n) is 19.6. The molecule has 3 aliphatic rings. The smallest absolute Gasteiger partial charge is 0.311 e. The molecule has 6 rings (SSSR count). The fraction of sp³-hybridized carbons (Fsp3) is 0.694. The number of likely N-dealkylation sites (N-methyl/N-ethyl adjacent to an activating group) is 1. The van der Waals surface area contributed by atoms with E-state index in [1.165, 1.54) is 13.8 Å². The summed E-state index contributed by atoms with van der Waals surface area (Å²) in [4.78, 5) is 87.1. The zero-order valence-electron chi connectivity index (χ0n) is 59.8. The summed E-state index contributed by atoms with van der Waals surface area (Å²) in [5.74, 6) is -6.17. The highest BCUT2D eigenvalue weighted by Crippen LogP contribution is 2.40. The highest BCUT2D eigenvalue weighted by atomic mass is 16.7. The van der Waals surface area contributed by atoms with E-state index < -0.39 is 163 Å². The Morgan fingerprint density at radius 1 is 0.753 bits per heavy atom. The van der Waals surface area contributed by atoms with Gasteiger partial charge in [-0.2, -0.15) is 0 Å². The van der Waals surface area contributed by atoms with Gasteiger partial charge in [-0.3, -0.25) is 33.7 Å². The first-order valence-electron chi connectivity index (χ1n) is 34.5. The summed E-state index contributed by atoms with van der Waals surface area (Å²) in [7, 11) is 5.27. The number of nitrogens with zero attached hydrogens (tertiary/aromatic N) is 2. The van der Waals surface area contributed by atoms with Crippen molar-refractivity contribution in [1.29, 1.82) is 0 Å². The molecule has 21 atom stereocenters. The number of benzene rings is 3. The second-order valence-electron chi connectivity index (χ2n) is 28.9. The number of nitrogens with one attached hydrogen (secondary N) is 5. The van der Waals surface area contributed by atoms with E-state index in [2.05, 4.69) is 26.6 Å². The number of methoxy groups -OCH3 is 1. The van der Waals surface area contributed by atoms with Crippen LogP contribution in [-0.4, -0.2) is 232 Å². The molecule has 3 saturated heterocycles. The van der Waals surface area contributed by atoms with Crippen molar-refractivity contribution in [3.8, 4) is 5.75 Å². The number of aliphatic hydroxyl groups excluding tert-OH is 3. The molecule has 97 heavy (non-hydrogen) atoms. The minimum absolute atomic E-state index is 0.0373. The van der Waals surface area contributed by atoms with Crippen LogP contribution in [0.25, 0.3) is 10.8 Å². The van der Waals surface area contributed by atoms with E-state index in [-0.39, 0.29) is 69.8 Å². The fourth-order valence-electron chi connectivity index (χ4n) is 14.0. The first kappa shape index (κ1) is 80.0. The standard InChI is InChI=1S/C72H113N7O18/c1-17-56-72(13,91)62(83)46(9)79(39-41(4)35-71(12,90)64(97-69-60(82)55(78(14)15)31-42(5)93-69)44(7)61(45(8)68(88)95-56)96-59-36-70(11,89)63(84)47(10)94-59)29-21-28-73-57(80)37-75-66(86)53(30-40(2)3)77-67(87)54(32-48-22-19-18-20-23-48)76-58(81)38-74-65(85)43(6)49-24-25-51-34-52(92-16)27-26-50(51)33-49/h18-20,22-27,33-34,40-47,53-56,59-64,69,82-84,89-91H,17,21,28-32,35-39H2,1-16H3,(H,73,80)(H,74,85)(H,75,86)(H,76,81)(H,77,87). The quantitative estimate of drug-likeness (QED) is 0.0426. The van der Waals surface area contributed by atoms with Crippen LogP contribution < -0.4 is 31.3 Å². The van der Waals surface area contributed by atoms with E-state index >= 15 is 0 Å². The van der Waals surface area contributed by atoms with Crippen molar-refractivity contribution < 1.29 is 87.8 Å². The molecule has 3 aliphatic heterocycles. The molecule has 3 fully saturated rings. The van der Waals surface area contributed by atoms with Crippen LogP contribution in [0.1, 0.15) is 146 Å². The summed E-state index contributed by atoms with van der Waals surface area (Å²) >= 11 is 0. The molecule has 25 nitrogen and oxygen atoms in total.